The van der Waals surface area contributed by atoms with Crippen LogP contribution in [0.2, 0.25) is 0 Å². The molecular formula is C15H20O3. The molecule has 0 radical (unpaired) electrons. The Balaban J connectivity index is 1.81. The van der Waals surface area contributed by atoms with Crippen molar-refractivity contribution in [1.29, 1.82) is 0 Å². The summed E-state index contributed by atoms with van der Waals surface area (Å²) < 4.78 is 10.5. The minimum Gasteiger partial charge on any atom is -0.430 e. The van der Waals surface area contributed by atoms with Crippen molar-refractivity contribution < 1.29 is 14.3 Å². The van der Waals surface area contributed by atoms with Crippen molar-refractivity contribution in [2.45, 2.75) is 40.4 Å². The molecule has 0 aliphatic heterocycles. The monoisotopic (exact) mass is 248 g/mol. The molecule has 1 saturated carbocycles. The second-order valence-corrected chi connectivity index (χ2v) is 5.97. The van der Waals surface area contributed by atoms with Crippen molar-refractivity contribution in [2.24, 2.45) is 10.8 Å². The Hall–Kier alpha value is -1.51. The van der Waals surface area contributed by atoms with Gasteiger partial charge in [0.1, 0.15) is 12.7 Å². The third-order valence-electron chi connectivity index (χ3n) is 4.30. The van der Waals surface area contributed by atoms with Crippen molar-refractivity contribution in [1.82, 2.24) is 0 Å². The number of ether oxygens (including phenoxy) is 2. The first-order valence-corrected chi connectivity index (χ1v) is 6.23. The molecule has 1 fully saturated rings. The molecular weight excluding hydrogens is 228 g/mol. The van der Waals surface area contributed by atoms with Gasteiger partial charge in [-0.2, -0.15) is 0 Å². The Morgan fingerprint density at radius 2 is 1.67 bits per heavy atom. The van der Waals surface area contributed by atoms with Crippen molar-refractivity contribution in [3.8, 4) is 0 Å². The molecule has 0 bridgehead atoms. The predicted octanol–water partition coefficient (Wildman–Crippen LogP) is 3.77. The highest BCUT2D eigenvalue weighted by atomic mass is 16.7. The van der Waals surface area contributed by atoms with Crippen LogP contribution in [-0.4, -0.2) is 12.3 Å². The van der Waals surface area contributed by atoms with Gasteiger partial charge >= 0.3 is 6.16 Å². The summed E-state index contributed by atoms with van der Waals surface area (Å²) in [5, 5.41) is 0. The lowest BCUT2D eigenvalue weighted by Crippen LogP contribution is -2.12. The molecule has 18 heavy (non-hydrogen) atoms. The van der Waals surface area contributed by atoms with Crippen LogP contribution in [0.15, 0.2) is 30.3 Å². The van der Waals surface area contributed by atoms with E-state index in [2.05, 4.69) is 27.7 Å². The maximum Gasteiger partial charge on any atom is 0.508 e. The van der Waals surface area contributed by atoms with Gasteiger partial charge in [0.15, 0.2) is 0 Å². The number of hydrogen-bond acceptors (Lipinski definition) is 3. The zero-order chi connectivity index (χ0) is 13.4. The van der Waals surface area contributed by atoms with E-state index in [1.807, 2.05) is 30.3 Å². The van der Waals surface area contributed by atoms with Gasteiger partial charge in [0.2, 0.25) is 0 Å². The number of hydrogen-bond donors (Lipinski definition) is 0. The Morgan fingerprint density at radius 1 is 1.11 bits per heavy atom. The largest absolute Gasteiger partial charge is 0.508 e. The minimum absolute atomic E-state index is 0.0266. The summed E-state index contributed by atoms with van der Waals surface area (Å²) in [5.74, 6) is 0. The average Bonchev–Trinajstić information content (AvgIpc) is 2.70. The number of rotatable bonds is 3. The maximum atomic E-state index is 11.6. The van der Waals surface area contributed by atoms with E-state index in [4.69, 9.17) is 9.47 Å². The van der Waals surface area contributed by atoms with Crippen molar-refractivity contribution >= 4 is 6.16 Å². The molecule has 1 aromatic rings. The van der Waals surface area contributed by atoms with E-state index in [-0.39, 0.29) is 23.5 Å². The molecule has 0 N–H and O–H groups in total. The summed E-state index contributed by atoms with van der Waals surface area (Å²) >= 11 is 0. The van der Waals surface area contributed by atoms with Crippen LogP contribution in [0.1, 0.15) is 33.3 Å². The molecule has 0 aromatic heterocycles. The van der Waals surface area contributed by atoms with Gasteiger partial charge in [0, 0.05) is 10.8 Å². The van der Waals surface area contributed by atoms with Crippen molar-refractivity contribution in [3.05, 3.63) is 35.9 Å². The van der Waals surface area contributed by atoms with E-state index < -0.39 is 6.16 Å². The van der Waals surface area contributed by atoms with Crippen LogP contribution >= 0.6 is 0 Å². The lowest BCUT2D eigenvalue weighted by molar-refractivity contribution is 0.0322. The number of benzene rings is 1. The Morgan fingerprint density at radius 3 is 2.17 bits per heavy atom. The van der Waals surface area contributed by atoms with Crippen LogP contribution in [-0.2, 0) is 16.1 Å². The molecule has 1 aliphatic rings. The second kappa shape index (κ2) is 4.30. The highest BCUT2D eigenvalue weighted by Gasteiger charge is 2.68. The highest BCUT2D eigenvalue weighted by Crippen LogP contribution is 2.64. The molecule has 3 nitrogen and oxygen atoms in total. The summed E-state index contributed by atoms with van der Waals surface area (Å²) in [5.41, 5.74) is 1.01. The van der Waals surface area contributed by atoms with E-state index in [9.17, 15) is 4.79 Å². The van der Waals surface area contributed by atoms with Crippen LogP contribution in [0.4, 0.5) is 4.79 Å². The standard InChI is InChI=1S/C15H20O3/c1-14(2)12(15(14,3)4)18-13(16)17-10-11-8-6-5-7-9-11/h5-9,12H,10H2,1-4H3. The first-order chi connectivity index (χ1) is 8.35. The van der Waals surface area contributed by atoms with E-state index in [0.29, 0.717) is 0 Å². The fourth-order valence-electron chi connectivity index (χ4n) is 2.28. The average molecular weight is 248 g/mol. The fourth-order valence-corrected chi connectivity index (χ4v) is 2.28. The summed E-state index contributed by atoms with van der Waals surface area (Å²) in [6.45, 7) is 8.65. The third-order valence-corrected chi connectivity index (χ3v) is 4.30. The molecule has 3 heteroatoms. The molecule has 2 rings (SSSR count). The zero-order valence-corrected chi connectivity index (χ0v) is 11.4. The SMILES string of the molecule is CC1(C)C(OC(=O)OCc2ccccc2)C1(C)C. The molecule has 0 heterocycles. The molecule has 0 unspecified atom stereocenters. The van der Waals surface area contributed by atoms with E-state index in [1.54, 1.807) is 0 Å². The highest BCUT2D eigenvalue weighted by molar-refractivity contribution is 5.61. The van der Waals surface area contributed by atoms with Gasteiger partial charge in [-0.15, -0.1) is 0 Å². The molecule has 1 aliphatic carbocycles. The number of carbonyl (C=O) groups excluding carboxylic acids is 1. The molecule has 0 spiro atoms. The summed E-state index contributed by atoms with van der Waals surface area (Å²) in [6, 6.07) is 9.59. The molecule has 0 saturated heterocycles. The number of carbonyl (C=O) groups is 1. The van der Waals surface area contributed by atoms with E-state index >= 15 is 0 Å². The smallest absolute Gasteiger partial charge is 0.430 e. The normalized spacial score (nSPS) is 20.2. The lowest BCUT2D eigenvalue weighted by atomic mass is 10.0. The Kier molecular flexibility index (Phi) is 3.09. The lowest BCUT2D eigenvalue weighted by Gasteiger charge is -2.07. The van der Waals surface area contributed by atoms with Crippen LogP contribution in [0.25, 0.3) is 0 Å². The molecule has 1 aromatic carbocycles. The summed E-state index contributed by atoms with van der Waals surface area (Å²) in [4.78, 5) is 11.6. The van der Waals surface area contributed by atoms with Crippen molar-refractivity contribution in [2.75, 3.05) is 0 Å². The Labute approximate surface area is 108 Å². The van der Waals surface area contributed by atoms with Crippen LogP contribution < -0.4 is 0 Å². The molecule has 0 amide bonds. The van der Waals surface area contributed by atoms with Gasteiger partial charge in [-0.3, -0.25) is 0 Å². The van der Waals surface area contributed by atoms with Gasteiger partial charge in [0.25, 0.3) is 0 Å². The first kappa shape index (κ1) is 12.9. The first-order valence-electron chi connectivity index (χ1n) is 6.23. The zero-order valence-electron chi connectivity index (χ0n) is 11.4. The fraction of sp³-hybridized carbons (Fsp3) is 0.533. The quantitative estimate of drug-likeness (QED) is 0.764. The topological polar surface area (TPSA) is 35.5 Å². The summed E-state index contributed by atoms with van der Waals surface area (Å²) in [7, 11) is 0. The second-order valence-electron chi connectivity index (χ2n) is 5.97. The predicted molar refractivity (Wildman–Crippen MR) is 69.1 cm³/mol. The van der Waals surface area contributed by atoms with Crippen LogP contribution in [0.5, 0.6) is 0 Å². The van der Waals surface area contributed by atoms with Gasteiger partial charge in [-0.05, 0) is 5.56 Å². The van der Waals surface area contributed by atoms with E-state index in [0.717, 1.165) is 5.56 Å². The molecule has 0 atom stereocenters. The molecule has 98 valence electrons. The van der Waals surface area contributed by atoms with E-state index in [1.165, 1.54) is 0 Å². The Bertz CT molecular complexity index is 420. The van der Waals surface area contributed by atoms with Gasteiger partial charge in [0.05, 0.1) is 0 Å². The maximum absolute atomic E-state index is 11.6. The van der Waals surface area contributed by atoms with Gasteiger partial charge < -0.3 is 9.47 Å². The third kappa shape index (κ3) is 2.22. The van der Waals surface area contributed by atoms with Gasteiger partial charge in [-0.25, -0.2) is 4.79 Å². The van der Waals surface area contributed by atoms with Crippen molar-refractivity contribution in [3.63, 3.8) is 0 Å². The van der Waals surface area contributed by atoms with Crippen LogP contribution in [0.3, 0.4) is 0 Å². The minimum atomic E-state index is -0.581. The van der Waals surface area contributed by atoms with Crippen LogP contribution in [0, 0.1) is 10.8 Å². The summed E-state index contributed by atoms with van der Waals surface area (Å²) in [6.07, 6.45) is -0.643. The van der Waals surface area contributed by atoms with Gasteiger partial charge in [-0.1, -0.05) is 58.0 Å².